The van der Waals surface area contributed by atoms with Gasteiger partial charge in [-0.2, -0.15) is 0 Å². The Kier molecular flexibility index (Phi) is 4.36. The Morgan fingerprint density at radius 2 is 2.23 bits per heavy atom. The van der Waals surface area contributed by atoms with Gasteiger partial charge in [0.2, 0.25) is 0 Å². The van der Waals surface area contributed by atoms with Crippen molar-refractivity contribution >= 4 is 6.03 Å². The van der Waals surface area contributed by atoms with E-state index in [-0.39, 0.29) is 29.6 Å². The van der Waals surface area contributed by atoms with Gasteiger partial charge in [0.25, 0.3) is 0 Å². The van der Waals surface area contributed by atoms with Crippen LogP contribution in [0.4, 0.5) is 13.6 Å². The van der Waals surface area contributed by atoms with Gasteiger partial charge >= 0.3 is 12.3 Å². The molecule has 1 N–H and O–H groups in total. The van der Waals surface area contributed by atoms with E-state index < -0.39 is 6.29 Å². The Morgan fingerprint density at radius 1 is 1.38 bits per heavy atom. The molecule has 0 aliphatic carbocycles. The summed E-state index contributed by atoms with van der Waals surface area (Å²) in [5.41, 5.74) is 0.652. The topological polar surface area (TPSA) is 63.3 Å². The number of nitrogens with zero attached hydrogens (tertiary/aromatic N) is 2. The standard InChI is InChI=1S/C17H21F2N3O4/c1-24-8-7-22-13-5-6-21(10-12(13)20-16(22)23)9-11-3-2-4-14-15(11)26-17(18,19)25-14/h2-4,12-13H,5-10H2,1H3,(H,20,23)/t12-,13+/m0/s1. The molecular weight excluding hydrogens is 348 g/mol. The fraction of sp³-hybridized carbons (Fsp3) is 0.588. The lowest BCUT2D eigenvalue weighted by atomic mass is 9.99. The van der Waals surface area contributed by atoms with Crippen LogP contribution in [-0.4, -0.2) is 67.6 Å². The minimum atomic E-state index is -3.62. The van der Waals surface area contributed by atoms with E-state index in [0.29, 0.717) is 31.8 Å². The Balaban J connectivity index is 1.42. The molecule has 0 bridgehead atoms. The monoisotopic (exact) mass is 369 g/mol. The molecule has 0 radical (unpaired) electrons. The van der Waals surface area contributed by atoms with Gasteiger partial charge in [0.15, 0.2) is 11.5 Å². The molecule has 1 aromatic rings. The van der Waals surface area contributed by atoms with Crippen LogP contribution >= 0.6 is 0 Å². The van der Waals surface area contributed by atoms with E-state index in [0.717, 1.165) is 13.0 Å². The lowest BCUT2D eigenvalue weighted by Gasteiger charge is -2.36. The third kappa shape index (κ3) is 3.16. The number of hydrogen-bond donors (Lipinski definition) is 1. The van der Waals surface area contributed by atoms with E-state index in [4.69, 9.17) is 4.74 Å². The van der Waals surface area contributed by atoms with Gasteiger partial charge in [0.05, 0.1) is 18.7 Å². The van der Waals surface area contributed by atoms with Crippen molar-refractivity contribution in [2.75, 3.05) is 33.4 Å². The molecule has 26 heavy (non-hydrogen) atoms. The van der Waals surface area contributed by atoms with E-state index in [2.05, 4.69) is 19.7 Å². The SMILES string of the molecule is COCCN1C(=O)N[C@H]2CN(Cc3cccc4c3OC(F)(F)O4)CC[C@H]21. The van der Waals surface area contributed by atoms with Crippen LogP contribution < -0.4 is 14.8 Å². The van der Waals surface area contributed by atoms with E-state index in [1.54, 1.807) is 19.2 Å². The van der Waals surface area contributed by atoms with Gasteiger partial charge in [-0.05, 0) is 12.5 Å². The summed E-state index contributed by atoms with van der Waals surface area (Å²) < 4.78 is 40.9. The summed E-state index contributed by atoms with van der Waals surface area (Å²) in [5.74, 6) is 0.152. The van der Waals surface area contributed by atoms with Gasteiger partial charge in [0.1, 0.15) is 0 Å². The number of halogens is 2. The van der Waals surface area contributed by atoms with Crippen LogP contribution in [0.15, 0.2) is 18.2 Å². The summed E-state index contributed by atoms with van der Waals surface area (Å²) >= 11 is 0. The molecule has 3 aliphatic heterocycles. The lowest BCUT2D eigenvalue weighted by molar-refractivity contribution is -0.287. The van der Waals surface area contributed by atoms with Crippen molar-refractivity contribution < 1.29 is 27.8 Å². The number of nitrogens with one attached hydrogen (secondary N) is 1. The van der Waals surface area contributed by atoms with Crippen molar-refractivity contribution in [2.45, 2.75) is 31.3 Å². The number of carbonyl (C=O) groups is 1. The van der Waals surface area contributed by atoms with Gasteiger partial charge < -0.3 is 24.4 Å². The number of fused-ring (bicyclic) bond motifs is 2. The molecule has 2 saturated heterocycles. The van der Waals surface area contributed by atoms with Gasteiger partial charge in [-0.1, -0.05) is 12.1 Å². The Labute approximate surface area is 149 Å². The number of alkyl halides is 2. The third-order valence-corrected chi connectivity index (χ3v) is 5.07. The predicted octanol–water partition coefficient (Wildman–Crippen LogP) is 1.62. The number of ether oxygens (including phenoxy) is 3. The largest absolute Gasteiger partial charge is 0.586 e. The average molecular weight is 369 g/mol. The number of rotatable bonds is 5. The zero-order chi connectivity index (χ0) is 18.3. The summed E-state index contributed by atoms with van der Waals surface area (Å²) in [5, 5.41) is 3.01. The first-order valence-corrected chi connectivity index (χ1v) is 8.63. The first kappa shape index (κ1) is 17.3. The van der Waals surface area contributed by atoms with Crippen LogP contribution in [0, 0.1) is 0 Å². The zero-order valence-electron chi connectivity index (χ0n) is 14.4. The molecule has 2 amide bonds. The Hall–Kier alpha value is -2.13. The second-order valence-electron chi connectivity index (χ2n) is 6.75. The Morgan fingerprint density at radius 3 is 3.04 bits per heavy atom. The quantitative estimate of drug-likeness (QED) is 0.855. The van der Waals surface area contributed by atoms with E-state index in [1.807, 2.05) is 4.90 Å². The van der Waals surface area contributed by atoms with E-state index >= 15 is 0 Å². The summed E-state index contributed by atoms with van der Waals surface area (Å²) in [6, 6.07) is 4.99. The minimum absolute atomic E-state index is 0.0171. The van der Waals surface area contributed by atoms with Crippen LogP contribution in [0.25, 0.3) is 0 Å². The number of hydrogen-bond acceptors (Lipinski definition) is 5. The molecular formula is C17H21F2N3O4. The number of methoxy groups -OCH3 is 1. The predicted molar refractivity (Wildman–Crippen MR) is 87.2 cm³/mol. The molecule has 2 fully saturated rings. The first-order valence-electron chi connectivity index (χ1n) is 8.63. The van der Waals surface area contributed by atoms with Crippen molar-refractivity contribution in [1.82, 2.24) is 15.1 Å². The fourth-order valence-electron chi connectivity index (χ4n) is 3.91. The third-order valence-electron chi connectivity index (χ3n) is 5.07. The van der Waals surface area contributed by atoms with Gasteiger partial charge in [0, 0.05) is 38.9 Å². The van der Waals surface area contributed by atoms with Gasteiger partial charge in [-0.25, -0.2) is 4.79 Å². The maximum absolute atomic E-state index is 13.3. The van der Waals surface area contributed by atoms with Crippen molar-refractivity contribution in [3.8, 4) is 11.5 Å². The average Bonchev–Trinajstić information content (AvgIpc) is 3.07. The highest BCUT2D eigenvalue weighted by Crippen LogP contribution is 2.43. The van der Waals surface area contributed by atoms with Crippen LogP contribution in [0.1, 0.15) is 12.0 Å². The number of piperidine rings is 1. The minimum Gasteiger partial charge on any atom is -0.395 e. The molecule has 0 unspecified atom stereocenters. The smallest absolute Gasteiger partial charge is 0.395 e. The molecule has 0 aromatic heterocycles. The van der Waals surface area contributed by atoms with Crippen LogP contribution in [0.2, 0.25) is 0 Å². The summed E-state index contributed by atoms with van der Waals surface area (Å²) in [6.07, 6.45) is -2.80. The molecule has 3 heterocycles. The summed E-state index contributed by atoms with van der Waals surface area (Å²) in [4.78, 5) is 16.1. The zero-order valence-corrected chi connectivity index (χ0v) is 14.4. The molecule has 4 rings (SSSR count). The van der Waals surface area contributed by atoms with E-state index in [9.17, 15) is 13.6 Å². The van der Waals surface area contributed by atoms with Crippen molar-refractivity contribution in [3.05, 3.63) is 23.8 Å². The fourth-order valence-corrected chi connectivity index (χ4v) is 3.91. The Bertz CT molecular complexity index is 703. The molecule has 9 heteroatoms. The van der Waals surface area contributed by atoms with E-state index in [1.165, 1.54) is 6.07 Å². The first-order chi connectivity index (χ1) is 12.5. The molecule has 142 valence electrons. The highest BCUT2D eigenvalue weighted by Gasteiger charge is 2.45. The molecule has 3 aliphatic rings. The van der Waals surface area contributed by atoms with Crippen LogP contribution in [0.5, 0.6) is 11.5 Å². The van der Waals surface area contributed by atoms with Crippen molar-refractivity contribution in [1.29, 1.82) is 0 Å². The summed E-state index contributed by atoms with van der Waals surface area (Å²) in [6.45, 7) is 2.94. The highest BCUT2D eigenvalue weighted by molar-refractivity contribution is 5.77. The van der Waals surface area contributed by atoms with Crippen molar-refractivity contribution in [3.63, 3.8) is 0 Å². The number of carbonyl (C=O) groups excluding carboxylic acids is 1. The van der Waals surface area contributed by atoms with Gasteiger partial charge in [-0.15, -0.1) is 8.78 Å². The number of amides is 2. The van der Waals surface area contributed by atoms with Crippen LogP contribution in [-0.2, 0) is 11.3 Å². The summed E-state index contributed by atoms with van der Waals surface area (Å²) in [7, 11) is 1.61. The lowest BCUT2D eigenvalue weighted by Crippen LogP contribution is -2.51. The molecule has 0 saturated carbocycles. The van der Waals surface area contributed by atoms with Gasteiger partial charge in [-0.3, -0.25) is 4.90 Å². The highest BCUT2D eigenvalue weighted by atomic mass is 19.3. The second-order valence-corrected chi connectivity index (χ2v) is 6.75. The molecule has 0 spiro atoms. The maximum Gasteiger partial charge on any atom is 0.586 e. The van der Waals surface area contributed by atoms with Crippen LogP contribution in [0.3, 0.4) is 0 Å². The number of urea groups is 1. The second kappa shape index (κ2) is 6.55. The number of para-hydroxylation sites is 1. The number of benzene rings is 1. The molecule has 2 atom stereocenters. The molecule has 7 nitrogen and oxygen atoms in total. The number of likely N-dealkylation sites (tertiary alicyclic amines) is 1. The maximum atomic E-state index is 13.3. The molecule has 1 aromatic carbocycles. The van der Waals surface area contributed by atoms with Crippen molar-refractivity contribution in [2.24, 2.45) is 0 Å². The normalized spacial score (nSPS) is 26.7.